The Bertz CT molecular complexity index is 981. The first-order valence-corrected chi connectivity index (χ1v) is 9.40. The third kappa shape index (κ3) is 4.42. The maximum Gasteiger partial charge on any atom is 0.253 e. The van der Waals surface area contributed by atoms with Crippen LogP contribution in [0, 0.1) is 6.92 Å². The predicted molar refractivity (Wildman–Crippen MR) is 111 cm³/mol. The smallest absolute Gasteiger partial charge is 0.253 e. The highest BCUT2D eigenvalue weighted by atomic mass is 16.5. The van der Waals surface area contributed by atoms with Crippen molar-refractivity contribution in [3.63, 3.8) is 0 Å². The maximum atomic E-state index is 12.8. The number of hydrogen-bond acceptors (Lipinski definition) is 4. The maximum absolute atomic E-state index is 12.8. The first-order chi connectivity index (χ1) is 13.4. The number of benzene rings is 2. The zero-order chi connectivity index (χ0) is 20.3. The van der Waals surface area contributed by atoms with Crippen LogP contribution in [0.25, 0.3) is 10.9 Å². The molecule has 0 aliphatic rings. The van der Waals surface area contributed by atoms with Crippen LogP contribution >= 0.6 is 0 Å². The van der Waals surface area contributed by atoms with Gasteiger partial charge in [-0.15, -0.1) is 0 Å². The summed E-state index contributed by atoms with van der Waals surface area (Å²) in [6, 6.07) is 15.2. The van der Waals surface area contributed by atoms with Crippen molar-refractivity contribution < 1.29 is 14.3 Å². The lowest BCUT2D eigenvalue weighted by Crippen LogP contribution is -2.27. The van der Waals surface area contributed by atoms with Gasteiger partial charge < -0.3 is 14.8 Å². The highest BCUT2D eigenvalue weighted by molar-refractivity contribution is 5.99. The van der Waals surface area contributed by atoms with Gasteiger partial charge in [0, 0.05) is 11.5 Å². The molecule has 0 spiro atoms. The Morgan fingerprint density at radius 1 is 1.00 bits per heavy atom. The number of fused-ring (bicyclic) bond motifs is 1. The number of carbonyl (C=O) groups is 1. The molecule has 0 fully saturated rings. The minimum atomic E-state index is -0.141. The fourth-order valence-corrected chi connectivity index (χ4v) is 3.06. The summed E-state index contributed by atoms with van der Waals surface area (Å²) in [4.78, 5) is 17.4. The molecule has 3 aromatic rings. The average Bonchev–Trinajstić information content (AvgIpc) is 2.66. The van der Waals surface area contributed by atoms with E-state index >= 15 is 0 Å². The molecule has 1 amide bonds. The number of aryl methyl sites for hydroxylation is 1. The Morgan fingerprint density at radius 2 is 1.68 bits per heavy atom. The second kappa shape index (κ2) is 8.30. The van der Waals surface area contributed by atoms with Crippen molar-refractivity contribution in [3.8, 4) is 11.5 Å². The van der Waals surface area contributed by atoms with Crippen molar-refractivity contribution in [3.05, 3.63) is 65.4 Å². The van der Waals surface area contributed by atoms with Gasteiger partial charge in [-0.25, -0.2) is 0 Å². The van der Waals surface area contributed by atoms with E-state index in [1.165, 1.54) is 0 Å². The van der Waals surface area contributed by atoms with Gasteiger partial charge in [0.05, 0.1) is 36.0 Å². The minimum absolute atomic E-state index is 0.131. The summed E-state index contributed by atoms with van der Waals surface area (Å²) in [6.45, 7) is 7.79. The van der Waals surface area contributed by atoms with E-state index in [1.54, 1.807) is 7.11 Å². The molecule has 1 aromatic heterocycles. The molecule has 3 rings (SSSR count). The van der Waals surface area contributed by atoms with Crippen LogP contribution in [0.15, 0.2) is 48.5 Å². The highest BCUT2D eigenvalue weighted by Gasteiger charge is 2.15. The minimum Gasteiger partial charge on any atom is -0.497 e. The summed E-state index contributed by atoms with van der Waals surface area (Å²) in [6.07, 6.45) is 0.131. The second-order valence-corrected chi connectivity index (χ2v) is 7.11. The SMILES string of the molecule is COc1ccc2cc(C(=O)NC(C)c3ccc(OC(C)C)cc3)c(C)nc2c1. The molecule has 1 atom stereocenters. The summed E-state index contributed by atoms with van der Waals surface area (Å²) in [5.41, 5.74) is 3.08. The lowest BCUT2D eigenvalue weighted by Gasteiger charge is -2.17. The molecule has 5 nitrogen and oxygen atoms in total. The third-order valence-electron chi connectivity index (χ3n) is 4.56. The molecular formula is C23H26N2O3. The molecule has 146 valence electrons. The molecule has 0 bridgehead atoms. The monoisotopic (exact) mass is 378 g/mol. The summed E-state index contributed by atoms with van der Waals surface area (Å²) < 4.78 is 10.9. The van der Waals surface area contributed by atoms with Gasteiger partial charge in [0.1, 0.15) is 11.5 Å². The van der Waals surface area contributed by atoms with Crippen molar-refractivity contribution >= 4 is 16.8 Å². The standard InChI is InChI=1S/C23H26N2O3/c1-14(2)28-19-9-6-17(7-10-19)15(3)25-23(26)21-12-18-8-11-20(27-5)13-22(18)24-16(21)4/h6-15H,1-5H3,(H,25,26). The summed E-state index contributed by atoms with van der Waals surface area (Å²) in [7, 11) is 1.62. The molecule has 1 heterocycles. The largest absolute Gasteiger partial charge is 0.497 e. The van der Waals surface area contributed by atoms with E-state index in [0.29, 0.717) is 11.3 Å². The van der Waals surface area contributed by atoms with Crippen molar-refractivity contribution in [1.29, 1.82) is 0 Å². The van der Waals surface area contributed by atoms with Crippen molar-refractivity contribution in [1.82, 2.24) is 10.3 Å². The molecule has 28 heavy (non-hydrogen) atoms. The zero-order valence-corrected chi connectivity index (χ0v) is 16.9. The third-order valence-corrected chi connectivity index (χ3v) is 4.56. The fraction of sp³-hybridized carbons (Fsp3) is 0.304. The Hall–Kier alpha value is -3.08. The Labute approximate surface area is 165 Å². The molecule has 5 heteroatoms. The Kier molecular flexibility index (Phi) is 5.83. The number of carbonyl (C=O) groups excluding carboxylic acids is 1. The number of hydrogen-bond donors (Lipinski definition) is 1. The Balaban J connectivity index is 1.77. The normalized spacial score (nSPS) is 12.1. The van der Waals surface area contributed by atoms with Crippen LogP contribution in [-0.4, -0.2) is 24.1 Å². The zero-order valence-electron chi connectivity index (χ0n) is 16.9. The van der Waals surface area contributed by atoms with E-state index < -0.39 is 0 Å². The van der Waals surface area contributed by atoms with Gasteiger partial charge in [-0.1, -0.05) is 12.1 Å². The van der Waals surface area contributed by atoms with Crippen LogP contribution in [0.5, 0.6) is 11.5 Å². The first kappa shape index (κ1) is 19.7. The van der Waals surface area contributed by atoms with Crippen molar-refractivity contribution in [2.75, 3.05) is 7.11 Å². The lowest BCUT2D eigenvalue weighted by atomic mass is 10.1. The molecule has 1 N–H and O–H groups in total. The molecule has 2 aromatic carbocycles. The predicted octanol–water partition coefficient (Wildman–Crippen LogP) is 4.83. The number of methoxy groups -OCH3 is 1. The van der Waals surface area contributed by atoms with Crippen LogP contribution in [-0.2, 0) is 0 Å². The molecule has 0 saturated carbocycles. The number of pyridine rings is 1. The van der Waals surface area contributed by atoms with Gasteiger partial charge in [-0.2, -0.15) is 0 Å². The molecule has 1 unspecified atom stereocenters. The number of ether oxygens (including phenoxy) is 2. The van der Waals surface area contributed by atoms with Gasteiger partial charge >= 0.3 is 0 Å². The number of nitrogens with one attached hydrogen (secondary N) is 1. The summed E-state index contributed by atoms with van der Waals surface area (Å²) >= 11 is 0. The van der Waals surface area contributed by atoms with Gasteiger partial charge in [0.2, 0.25) is 0 Å². The number of nitrogens with zero attached hydrogens (tertiary/aromatic N) is 1. The van der Waals surface area contributed by atoms with E-state index in [0.717, 1.165) is 28.0 Å². The van der Waals surface area contributed by atoms with E-state index in [4.69, 9.17) is 9.47 Å². The number of rotatable bonds is 6. The lowest BCUT2D eigenvalue weighted by molar-refractivity contribution is 0.0939. The van der Waals surface area contributed by atoms with Gasteiger partial charge in [-0.3, -0.25) is 9.78 Å². The second-order valence-electron chi connectivity index (χ2n) is 7.11. The van der Waals surface area contributed by atoms with Crippen molar-refractivity contribution in [2.45, 2.75) is 39.8 Å². The van der Waals surface area contributed by atoms with Gasteiger partial charge in [-0.05, 0) is 63.6 Å². The summed E-state index contributed by atoms with van der Waals surface area (Å²) in [5.74, 6) is 1.43. The highest BCUT2D eigenvalue weighted by Crippen LogP contribution is 2.23. The van der Waals surface area contributed by atoms with Gasteiger partial charge in [0.15, 0.2) is 0 Å². The molecule has 0 aliphatic heterocycles. The van der Waals surface area contributed by atoms with E-state index in [2.05, 4.69) is 10.3 Å². The van der Waals surface area contributed by atoms with E-state index in [-0.39, 0.29) is 18.1 Å². The van der Waals surface area contributed by atoms with Crippen LogP contribution in [0.4, 0.5) is 0 Å². The molecule has 0 aliphatic carbocycles. The number of amides is 1. The quantitative estimate of drug-likeness (QED) is 0.667. The van der Waals surface area contributed by atoms with Crippen molar-refractivity contribution in [2.24, 2.45) is 0 Å². The topological polar surface area (TPSA) is 60.5 Å². The molecule has 0 radical (unpaired) electrons. The molecular weight excluding hydrogens is 352 g/mol. The van der Waals surface area contributed by atoms with E-state index in [1.807, 2.05) is 76.2 Å². The first-order valence-electron chi connectivity index (χ1n) is 9.40. The van der Waals surface area contributed by atoms with Crippen LogP contribution in [0.3, 0.4) is 0 Å². The Morgan fingerprint density at radius 3 is 2.32 bits per heavy atom. The van der Waals surface area contributed by atoms with E-state index in [9.17, 15) is 4.79 Å². The average molecular weight is 378 g/mol. The fourth-order valence-electron chi connectivity index (χ4n) is 3.06. The number of aromatic nitrogens is 1. The summed E-state index contributed by atoms with van der Waals surface area (Å²) in [5, 5.41) is 3.96. The van der Waals surface area contributed by atoms with Gasteiger partial charge in [0.25, 0.3) is 5.91 Å². The van der Waals surface area contributed by atoms with Crippen LogP contribution in [0.2, 0.25) is 0 Å². The van der Waals surface area contributed by atoms with Crippen LogP contribution < -0.4 is 14.8 Å². The molecule has 0 saturated heterocycles. The van der Waals surface area contributed by atoms with Crippen LogP contribution in [0.1, 0.15) is 48.4 Å².